The number of thiol groups is 2. The average molecular weight is 213 g/mol. The van der Waals surface area contributed by atoms with Gasteiger partial charge in [-0.05, 0) is 5.53 Å². The minimum atomic E-state index is -3.66. The lowest BCUT2D eigenvalue weighted by molar-refractivity contribution is 0.597. The van der Waals surface area contributed by atoms with Crippen LogP contribution in [0.4, 0.5) is 0 Å². The summed E-state index contributed by atoms with van der Waals surface area (Å²) in [6, 6.07) is 0. The Hall–Kier alpha value is -0.0400. The SMILES string of the molecule is [N-]=[N+]=NS(=O)(=O)CC(S)CS. The number of hydrogen-bond acceptors (Lipinski definition) is 4. The zero-order chi connectivity index (χ0) is 8.91. The van der Waals surface area contributed by atoms with Crippen molar-refractivity contribution in [3.63, 3.8) is 0 Å². The predicted molar refractivity (Wildman–Crippen MR) is 49.6 cm³/mol. The summed E-state index contributed by atoms with van der Waals surface area (Å²) in [6.45, 7) is 0. The van der Waals surface area contributed by atoms with Crippen molar-refractivity contribution in [2.45, 2.75) is 5.25 Å². The molecule has 8 heteroatoms. The summed E-state index contributed by atoms with van der Waals surface area (Å²) in [6.07, 6.45) is 0. The third kappa shape index (κ3) is 5.25. The van der Waals surface area contributed by atoms with E-state index in [1.807, 2.05) is 0 Å². The topological polar surface area (TPSA) is 82.9 Å². The minimum Gasteiger partial charge on any atom is -0.221 e. The normalized spacial score (nSPS) is 13.6. The van der Waals surface area contributed by atoms with E-state index in [1.54, 1.807) is 0 Å². The summed E-state index contributed by atoms with van der Waals surface area (Å²) in [7, 11) is -3.66. The monoisotopic (exact) mass is 213 g/mol. The molecule has 0 radical (unpaired) electrons. The zero-order valence-electron chi connectivity index (χ0n) is 5.45. The summed E-state index contributed by atoms with van der Waals surface area (Å²) in [5.41, 5.74) is 7.82. The second-order valence-corrected chi connectivity index (χ2v) is 4.51. The van der Waals surface area contributed by atoms with Crippen LogP contribution in [0, 0.1) is 0 Å². The lowest BCUT2D eigenvalue weighted by atomic mass is 10.6. The number of rotatable bonds is 4. The van der Waals surface area contributed by atoms with Gasteiger partial charge < -0.3 is 0 Å². The molecule has 0 heterocycles. The third-order valence-electron chi connectivity index (χ3n) is 0.775. The van der Waals surface area contributed by atoms with Crippen molar-refractivity contribution in [1.29, 1.82) is 0 Å². The molecule has 1 unspecified atom stereocenters. The molecule has 0 aromatic rings. The molecule has 0 aromatic heterocycles. The van der Waals surface area contributed by atoms with Gasteiger partial charge in [0, 0.05) is 20.4 Å². The molecule has 0 saturated heterocycles. The van der Waals surface area contributed by atoms with Gasteiger partial charge in [-0.15, -0.1) is 0 Å². The second-order valence-electron chi connectivity index (χ2n) is 1.76. The quantitative estimate of drug-likeness (QED) is 0.314. The summed E-state index contributed by atoms with van der Waals surface area (Å²) in [4.78, 5) is 2.17. The van der Waals surface area contributed by atoms with E-state index in [9.17, 15) is 8.42 Å². The Morgan fingerprint density at radius 1 is 1.64 bits per heavy atom. The molecule has 0 rings (SSSR count). The van der Waals surface area contributed by atoms with Crippen molar-refractivity contribution in [1.82, 2.24) is 0 Å². The van der Waals surface area contributed by atoms with Crippen LogP contribution in [0.15, 0.2) is 4.52 Å². The van der Waals surface area contributed by atoms with Crippen molar-refractivity contribution in [3.05, 3.63) is 10.4 Å². The van der Waals surface area contributed by atoms with Gasteiger partial charge in [0.25, 0.3) is 0 Å². The molecule has 0 bridgehead atoms. The van der Waals surface area contributed by atoms with E-state index >= 15 is 0 Å². The van der Waals surface area contributed by atoms with Crippen LogP contribution in [0.25, 0.3) is 10.4 Å². The number of nitrogens with zero attached hydrogens (tertiary/aromatic N) is 3. The summed E-state index contributed by atoms with van der Waals surface area (Å²) >= 11 is 7.70. The van der Waals surface area contributed by atoms with Crippen molar-refractivity contribution >= 4 is 35.3 Å². The first kappa shape index (κ1) is 11.0. The van der Waals surface area contributed by atoms with Crippen LogP contribution < -0.4 is 0 Å². The van der Waals surface area contributed by atoms with E-state index in [0.717, 1.165) is 0 Å². The zero-order valence-corrected chi connectivity index (χ0v) is 8.06. The molecule has 0 aliphatic carbocycles. The maximum absolute atomic E-state index is 10.7. The molecule has 64 valence electrons. The van der Waals surface area contributed by atoms with Gasteiger partial charge in [-0.25, -0.2) is 8.42 Å². The second kappa shape index (κ2) is 4.76. The molecule has 0 N–H and O–H groups in total. The molecule has 5 nitrogen and oxygen atoms in total. The first-order chi connectivity index (χ1) is 5.02. The first-order valence-corrected chi connectivity index (χ1v) is 5.35. The Morgan fingerprint density at radius 2 is 2.18 bits per heavy atom. The maximum Gasteiger partial charge on any atom is 0.236 e. The Bertz CT molecular complexity index is 255. The van der Waals surface area contributed by atoms with Crippen molar-refractivity contribution in [2.24, 2.45) is 4.52 Å². The molecule has 0 fully saturated rings. The Balaban J connectivity index is 4.25. The first-order valence-electron chi connectivity index (χ1n) is 2.60. The molecule has 0 spiro atoms. The van der Waals surface area contributed by atoms with Crippen LogP contribution in [-0.4, -0.2) is 25.2 Å². The van der Waals surface area contributed by atoms with Crippen molar-refractivity contribution in [3.8, 4) is 0 Å². The minimum absolute atomic E-state index is 0.274. The smallest absolute Gasteiger partial charge is 0.221 e. The van der Waals surface area contributed by atoms with Crippen LogP contribution in [0.5, 0.6) is 0 Å². The Morgan fingerprint density at radius 3 is 2.55 bits per heavy atom. The molecule has 0 aliphatic rings. The Labute approximate surface area is 75.7 Å². The molecule has 0 amide bonds. The molecule has 0 aromatic carbocycles. The summed E-state index contributed by atoms with van der Waals surface area (Å²) in [5, 5.41) is -0.395. The summed E-state index contributed by atoms with van der Waals surface area (Å²) in [5.74, 6) is 0.0486. The van der Waals surface area contributed by atoms with Gasteiger partial charge in [0.05, 0.1) is 5.75 Å². The predicted octanol–water partition coefficient (Wildman–Crippen LogP) is 0.855. The van der Waals surface area contributed by atoms with E-state index < -0.39 is 15.3 Å². The van der Waals surface area contributed by atoms with Gasteiger partial charge in [-0.3, -0.25) is 0 Å². The lowest BCUT2D eigenvalue weighted by Crippen LogP contribution is -2.15. The van der Waals surface area contributed by atoms with E-state index in [-0.39, 0.29) is 5.75 Å². The van der Waals surface area contributed by atoms with Crippen LogP contribution in [0.3, 0.4) is 0 Å². The molecule has 11 heavy (non-hydrogen) atoms. The van der Waals surface area contributed by atoms with Crippen LogP contribution in [-0.2, 0) is 10.0 Å². The Kier molecular flexibility index (Phi) is 4.74. The van der Waals surface area contributed by atoms with Gasteiger partial charge >= 0.3 is 0 Å². The largest absolute Gasteiger partial charge is 0.236 e. The number of azide groups is 1. The number of sulfonamides is 1. The van der Waals surface area contributed by atoms with Crippen LogP contribution >= 0.6 is 25.3 Å². The molecular weight excluding hydrogens is 206 g/mol. The van der Waals surface area contributed by atoms with Crippen LogP contribution in [0.2, 0.25) is 0 Å². The van der Waals surface area contributed by atoms with Crippen LogP contribution in [0.1, 0.15) is 0 Å². The van der Waals surface area contributed by atoms with Gasteiger partial charge in [0.15, 0.2) is 0 Å². The highest BCUT2D eigenvalue weighted by atomic mass is 32.2. The van der Waals surface area contributed by atoms with Gasteiger partial charge in [0.1, 0.15) is 0 Å². The van der Waals surface area contributed by atoms with Gasteiger partial charge in [-0.2, -0.15) is 25.3 Å². The highest BCUT2D eigenvalue weighted by Gasteiger charge is 2.12. The lowest BCUT2D eigenvalue weighted by Gasteiger charge is -2.02. The van der Waals surface area contributed by atoms with Crippen molar-refractivity contribution in [2.75, 3.05) is 11.5 Å². The molecular formula is C3H7N3O2S3. The molecule has 0 saturated carbocycles. The fourth-order valence-electron chi connectivity index (χ4n) is 0.385. The highest BCUT2D eigenvalue weighted by Crippen LogP contribution is 2.04. The average Bonchev–Trinajstić information content (AvgIpc) is 1.86. The fourth-order valence-corrected chi connectivity index (χ4v) is 2.04. The van der Waals surface area contributed by atoms with Gasteiger partial charge in [0.2, 0.25) is 10.0 Å². The van der Waals surface area contributed by atoms with E-state index in [2.05, 4.69) is 34.7 Å². The van der Waals surface area contributed by atoms with E-state index in [4.69, 9.17) is 5.53 Å². The number of hydrogen-bond donors (Lipinski definition) is 2. The standard InChI is InChI=1S/C3H7N3O2S3/c4-5-6-11(7,8)2-3(10)1-9/h3,9-10H,1-2H2. The molecule has 1 atom stereocenters. The molecule has 0 aliphatic heterocycles. The summed E-state index contributed by atoms with van der Waals surface area (Å²) < 4.78 is 24.0. The highest BCUT2D eigenvalue weighted by molar-refractivity contribution is 7.91. The van der Waals surface area contributed by atoms with E-state index in [0.29, 0.717) is 5.75 Å². The van der Waals surface area contributed by atoms with E-state index in [1.165, 1.54) is 0 Å². The fraction of sp³-hybridized carbons (Fsp3) is 1.00. The maximum atomic E-state index is 10.7. The van der Waals surface area contributed by atoms with Crippen molar-refractivity contribution < 1.29 is 8.42 Å². The third-order valence-corrected chi connectivity index (χ3v) is 3.26. The van der Waals surface area contributed by atoms with Gasteiger partial charge in [-0.1, -0.05) is 0 Å².